The molecule has 0 aliphatic heterocycles. The maximum atomic E-state index is 6.46. The number of rotatable bonds is 5. The monoisotopic (exact) mass is 211 g/mol. The Kier molecular flexibility index (Phi) is 4.64. The van der Waals surface area contributed by atoms with E-state index in [1.54, 1.807) is 0 Å². The van der Waals surface area contributed by atoms with Crippen LogP contribution in [0.2, 0.25) is 0 Å². The summed E-state index contributed by atoms with van der Waals surface area (Å²) in [4.78, 5) is 0. The third kappa shape index (κ3) is 3.48. The van der Waals surface area contributed by atoms with Gasteiger partial charge in [0.15, 0.2) is 0 Å². The minimum atomic E-state index is 0.433. The van der Waals surface area contributed by atoms with E-state index in [9.17, 15) is 0 Å². The third-order valence-electron chi connectivity index (χ3n) is 3.93. The lowest BCUT2D eigenvalue weighted by Gasteiger charge is -2.38. The van der Waals surface area contributed by atoms with Gasteiger partial charge in [0, 0.05) is 6.04 Å². The van der Waals surface area contributed by atoms with E-state index in [1.807, 2.05) is 0 Å². The summed E-state index contributed by atoms with van der Waals surface area (Å²) in [5.74, 6) is 1.53. The van der Waals surface area contributed by atoms with Gasteiger partial charge in [-0.25, -0.2) is 0 Å². The largest absolute Gasteiger partial charge is 0.327 e. The first-order chi connectivity index (χ1) is 6.96. The summed E-state index contributed by atoms with van der Waals surface area (Å²) in [6.45, 7) is 9.25. The zero-order valence-electron chi connectivity index (χ0n) is 11.1. The normalized spacial score (nSPS) is 22.6. The molecule has 1 nitrogen and oxygen atoms in total. The van der Waals surface area contributed by atoms with E-state index in [0.717, 1.165) is 11.8 Å². The van der Waals surface area contributed by atoms with Gasteiger partial charge in [-0.2, -0.15) is 0 Å². The lowest BCUT2D eigenvalue weighted by molar-refractivity contribution is 0.165. The molecular formula is C14H29N. The minimum absolute atomic E-state index is 0.433. The Morgan fingerprint density at radius 2 is 1.53 bits per heavy atom. The minimum Gasteiger partial charge on any atom is -0.327 e. The molecule has 0 aromatic heterocycles. The van der Waals surface area contributed by atoms with Crippen LogP contribution in [0, 0.1) is 17.3 Å². The third-order valence-corrected chi connectivity index (χ3v) is 3.93. The molecule has 0 spiro atoms. The number of nitrogens with two attached hydrogens (primary N) is 1. The highest BCUT2D eigenvalue weighted by molar-refractivity contribution is 4.93. The second-order valence-electron chi connectivity index (χ2n) is 6.40. The van der Waals surface area contributed by atoms with Crippen LogP contribution in [0.3, 0.4) is 0 Å². The van der Waals surface area contributed by atoms with Crippen molar-refractivity contribution in [1.29, 1.82) is 0 Å². The van der Waals surface area contributed by atoms with Crippen LogP contribution in [-0.2, 0) is 0 Å². The van der Waals surface area contributed by atoms with Crippen LogP contribution in [0.5, 0.6) is 0 Å². The van der Waals surface area contributed by atoms with E-state index in [4.69, 9.17) is 5.73 Å². The molecule has 1 fully saturated rings. The highest BCUT2D eigenvalue weighted by Gasteiger charge is 2.39. The molecule has 1 aliphatic rings. The topological polar surface area (TPSA) is 26.0 Å². The van der Waals surface area contributed by atoms with Gasteiger partial charge in [-0.05, 0) is 42.9 Å². The molecule has 0 heterocycles. The summed E-state index contributed by atoms with van der Waals surface area (Å²) >= 11 is 0. The van der Waals surface area contributed by atoms with E-state index in [2.05, 4.69) is 27.7 Å². The van der Waals surface area contributed by atoms with Crippen LogP contribution < -0.4 is 5.73 Å². The van der Waals surface area contributed by atoms with Crippen LogP contribution in [0.1, 0.15) is 66.2 Å². The van der Waals surface area contributed by atoms with Crippen molar-refractivity contribution < 1.29 is 0 Å². The van der Waals surface area contributed by atoms with Crippen molar-refractivity contribution in [2.24, 2.45) is 23.0 Å². The van der Waals surface area contributed by atoms with Gasteiger partial charge in [-0.3, -0.25) is 0 Å². The Balaban J connectivity index is 2.63. The Bertz CT molecular complexity index is 178. The van der Waals surface area contributed by atoms with Crippen molar-refractivity contribution >= 4 is 0 Å². The SMILES string of the molecule is CC(C)CC(N)C1(CC(C)C)CCCC1. The molecule has 0 bridgehead atoms. The second kappa shape index (κ2) is 5.34. The summed E-state index contributed by atoms with van der Waals surface area (Å²) in [6.07, 6.45) is 8.09. The predicted molar refractivity (Wildman–Crippen MR) is 67.8 cm³/mol. The molecule has 0 saturated heterocycles. The fraction of sp³-hybridized carbons (Fsp3) is 1.00. The lowest BCUT2D eigenvalue weighted by atomic mass is 9.71. The molecule has 0 aromatic carbocycles. The highest BCUT2D eigenvalue weighted by Crippen LogP contribution is 2.46. The maximum absolute atomic E-state index is 6.46. The molecule has 1 rings (SSSR count). The summed E-state index contributed by atoms with van der Waals surface area (Å²) < 4.78 is 0. The van der Waals surface area contributed by atoms with Crippen molar-refractivity contribution in [3.63, 3.8) is 0 Å². The Hall–Kier alpha value is -0.0400. The molecule has 0 amide bonds. The smallest absolute Gasteiger partial charge is 0.00980 e. The lowest BCUT2D eigenvalue weighted by Crippen LogP contribution is -2.41. The number of hydrogen-bond acceptors (Lipinski definition) is 1. The fourth-order valence-corrected chi connectivity index (χ4v) is 3.38. The molecule has 1 saturated carbocycles. The Morgan fingerprint density at radius 1 is 1.00 bits per heavy atom. The predicted octanol–water partition coefficient (Wildman–Crippen LogP) is 3.97. The van der Waals surface area contributed by atoms with Gasteiger partial charge in [0.1, 0.15) is 0 Å². The van der Waals surface area contributed by atoms with E-state index in [-0.39, 0.29) is 0 Å². The summed E-state index contributed by atoms with van der Waals surface area (Å²) in [6, 6.07) is 0.433. The van der Waals surface area contributed by atoms with E-state index >= 15 is 0 Å². The molecule has 15 heavy (non-hydrogen) atoms. The standard InChI is InChI=1S/C14H29N/c1-11(2)9-13(15)14(10-12(3)4)7-5-6-8-14/h11-13H,5-10,15H2,1-4H3. The molecule has 90 valence electrons. The van der Waals surface area contributed by atoms with Crippen LogP contribution in [0.4, 0.5) is 0 Å². The molecular weight excluding hydrogens is 182 g/mol. The van der Waals surface area contributed by atoms with Gasteiger partial charge >= 0.3 is 0 Å². The van der Waals surface area contributed by atoms with Crippen molar-refractivity contribution in [1.82, 2.24) is 0 Å². The van der Waals surface area contributed by atoms with E-state index in [1.165, 1.54) is 38.5 Å². The van der Waals surface area contributed by atoms with Gasteiger partial charge < -0.3 is 5.73 Å². The van der Waals surface area contributed by atoms with Crippen molar-refractivity contribution in [3.8, 4) is 0 Å². The average Bonchev–Trinajstić information content (AvgIpc) is 2.51. The van der Waals surface area contributed by atoms with Gasteiger partial charge in [-0.1, -0.05) is 40.5 Å². The van der Waals surface area contributed by atoms with Crippen molar-refractivity contribution in [2.45, 2.75) is 72.3 Å². The first-order valence-corrected chi connectivity index (χ1v) is 6.72. The average molecular weight is 211 g/mol. The zero-order chi connectivity index (χ0) is 11.5. The molecule has 1 atom stereocenters. The first-order valence-electron chi connectivity index (χ1n) is 6.72. The molecule has 0 aromatic rings. The van der Waals surface area contributed by atoms with Crippen LogP contribution in [0.15, 0.2) is 0 Å². The van der Waals surface area contributed by atoms with Crippen LogP contribution >= 0.6 is 0 Å². The second-order valence-corrected chi connectivity index (χ2v) is 6.40. The molecule has 1 heteroatoms. The van der Waals surface area contributed by atoms with Gasteiger partial charge in [-0.15, -0.1) is 0 Å². The first kappa shape index (κ1) is 13.0. The van der Waals surface area contributed by atoms with Crippen LogP contribution in [0.25, 0.3) is 0 Å². The quantitative estimate of drug-likeness (QED) is 0.731. The molecule has 1 unspecified atom stereocenters. The summed E-state index contributed by atoms with van der Waals surface area (Å²) in [7, 11) is 0. The molecule has 0 radical (unpaired) electrons. The Labute approximate surface area is 95.8 Å². The van der Waals surface area contributed by atoms with Gasteiger partial charge in [0.05, 0.1) is 0 Å². The Morgan fingerprint density at radius 3 is 1.93 bits per heavy atom. The van der Waals surface area contributed by atoms with E-state index < -0.39 is 0 Å². The summed E-state index contributed by atoms with van der Waals surface area (Å²) in [5.41, 5.74) is 6.95. The fourth-order valence-electron chi connectivity index (χ4n) is 3.38. The van der Waals surface area contributed by atoms with E-state index in [0.29, 0.717) is 11.5 Å². The molecule has 1 aliphatic carbocycles. The summed E-state index contributed by atoms with van der Waals surface area (Å²) in [5, 5.41) is 0. The molecule has 2 N–H and O–H groups in total. The maximum Gasteiger partial charge on any atom is 0.00980 e. The van der Waals surface area contributed by atoms with Crippen molar-refractivity contribution in [3.05, 3.63) is 0 Å². The number of hydrogen-bond donors (Lipinski definition) is 1. The van der Waals surface area contributed by atoms with Crippen LogP contribution in [-0.4, -0.2) is 6.04 Å². The van der Waals surface area contributed by atoms with Crippen molar-refractivity contribution in [2.75, 3.05) is 0 Å². The highest BCUT2D eigenvalue weighted by atomic mass is 14.7. The van der Waals surface area contributed by atoms with Gasteiger partial charge in [0.25, 0.3) is 0 Å². The van der Waals surface area contributed by atoms with Gasteiger partial charge in [0.2, 0.25) is 0 Å². The zero-order valence-corrected chi connectivity index (χ0v) is 11.1.